The quantitative estimate of drug-likeness (QED) is 0.878. The molecule has 1 unspecified atom stereocenters. The number of benzene rings is 1. The van der Waals surface area contributed by atoms with Crippen LogP contribution < -0.4 is 5.73 Å². The fourth-order valence-corrected chi connectivity index (χ4v) is 1.89. The fraction of sp³-hybridized carbons (Fsp3) is 0.500. The summed E-state index contributed by atoms with van der Waals surface area (Å²) in [6, 6.07) is 3.06. The number of carbonyl (C=O) groups excluding carboxylic acids is 1. The van der Waals surface area contributed by atoms with Gasteiger partial charge in [-0.15, -0.1) is 12.4 Å². The van der Waals surface area contributed by atoms with Crippen LogP contribution in [0, 0.1) is 11.6 Å². The molecule has 1 aromatic rings. The summed E-state index contributed by atoms with van der Waals surface area (Å²) in [6.45, 7) is 3.96. The highest BCUT2D eigenvalue weighted by atomic mass is 35.5. The molecule has 6 heteroatoms. The SMILES string of the molecule is CCCC(N)C(=O)N(CC)Cc1c(F)cccc1F.Cl. The van der Waals surface area contributed by atoms with Gasteiger partial charge in [-0.05, 0) is 25.5 Å². The number of nitrogens with zero attached hydrogens (tertiary/aromatic N) is 1. The first-order valence-corrected chi connectivity index (χ1v) is 6.48. The Kier molecular flexibility index (Phi) is 8.34. The monoisotopic (exact) mass is 306 g/mol. The van der Waals surface area contributed by atoms with Gasteiger partial charge in [-0.3, -0.25) is 4.79 Å². The molecule has 0 fully saturated rings. The number of amides is 1. The van der Waals surface area contributed by atoms with Gasteiger partial charge in [-0.1, -0.05) is 19.4 Å². The maximum Gasteiger partial charge on any atom is 0.239 e. The van der Waals surface area contributed by atoms with Crippen molar-refractivity contribution < 1.29 is 13.6 Å². The molecule has 1 aromatic carbocycles. The van der Waals surface area contributed by atoms with E-state index in [1.807, 2.05) is 6.92 Å². The van der Waals surface area contributed by atoms with E-state index in [2.05, 4.69) is 0 Å². The van der Waals surface area contributed by atoms with Gasteiger partial charge in [0.25, 0.3) is 0 Å². The second kappa shape index (κ2) is 8.87. The van der Waals surface area contributed by atoms with Crippen molar-refractivity contribution >= 4 is 18.3 Å². The van der Waals surface area contributed by atoms with Gasteiger partial charge in [0, 0.05) is 12.1 Å². The van der Waals surface area contributed by atoms with Crippen molar-refractivity contribution in [2.75, 3.05) is 6.54 Å². The van der Waals surface area contributed by atoms with Crippen LogP contribution in [0.1, 0.15) is 32.3 Å². The van der Waals surface area contributed by atoms with Gasteiger partial charge in [-0.2, -0.15) is 0 Å². The third-order valence-corrected chi connectivity index (χ3v) is 3.02. The summed E-state index contributed by atoms with van der Waals surface area (Å²) >= 11 is 0. The van der Waals surface area contributed by atoms with E-state index in [4.69, 9.17) is 5.73 Å². The first-order chi connectivity index (χ1) is 9.01. The molecule has 0 aromatic heterocycles. The molecule has 0 spiro atoms. The fourth-order valence-electron chi connectivity index (χ4n) is 1.89. The number of carbonyl (C=O) groups is 1. The molecule has 0 radical (unpaired) electrons. The maximum atomic E-state index is 13.6. The Bertz CT molecular complexity index is 423. The molecule has 1 atom stereocenters. The number of halogens is 3. The van der Waals surface area contributed by atoms with Gasteiger partial charge >= 0.3 is 0 Å². The van der Waals surface area contributed by atoms with Gasteiger partial charge in [0.2, 0.25) is 5.91 Å². The smallest absolute Gasteiger partial charge is 0.239 e. The van der Waals surface area contributed by atoms with E-state index in [-0.39, 0.29) is 30.4 Å². The first kappa shape index (κ1) is 18.8. The number of hydrogen-bond donors (Lipinski definition) is 1. The minimum absolute atomic E-state index is 0. The highest BCUT2D eigenvalue weighted by molar-refractivity contribution is 5.85. The zero-order valence-electron chi connectivity index (χ0n) is 11.7. The lowest BCUT2D eigenvalue weighted by atomic mass is 10.1. The summed E-state index contributed by atoms with van der Waals surface area (Å²) in [5.74, 6) is -1.56. The van der Waals surface area contributed by atoms with Crippen molar-refractivity contribution in [1.29, 1.82) is 0 Å². The predicted octanol–water partition coefficient (Wildman–Crippen LogP) is 2.86. The summed E-state index contributed by atoms with van der Waals surface area (Å²) in [7, 11) is 0. The normalized spacial score (nSPS) is 11.7. The number of likely N-dealkylation sites (N-methyl/N-ethyl adjacent to an activating group) is 1. The molecule has 0 aliphatic rings. The summed E-state index contributed by atoms with van der Waals surface area (Å²) in [6.07, 6.45) is 1.35. The lowest BCUT2D eigenvalue weighted by Gasteiger charge is -2.24. The van der Waals surface area contributed by atoms with Crippen LogP contribution in [0.2, 0.25) is 0 Å². The van der Waals surface area contributed by atoms with Crippen molar-refractivity contribution in [2.24, 2.45) is 5.73 Å². The average molecular weight is 307 g/mol. The van der Waals surface area contributed by atoms with Crippen molar-refractivity contribution in [2.45, 2.75) is 39.3 Å². The molecule has 1 amide bonds. The zero-order chi connectivity index (χ0) is 14.4. The van der Waals surface area contributed by atoms with Crippen LogP contribution in [0.15, 0.2) is 18.2 Å². The van der Waals surface area contributed by atoms with Crippen molar-refractivity contribution in [3.05, 3.63) is 35.4 Å². The predicted molar refractivity (Wildman–Crippen MR) is 77.6 cm³/mol. The second-order valence-electron chi connectivity index (χ2n) is 4.45. The van der Waals surface area contributed by atoms with Gasteiger partial charge in [0.1, 0.15) is 11.6 Å². The zero-order valence-corrected chi connectivity index (χ0v) is 12.6. The molecule has 0 aliphatic carbocycles. The Labute approximate surface area is 124 Å². The largest absolute Gasteiger partial charge is 0.337 e. The second-order valence-corrected chi connectivity index (χ2v) is 4.45. The lowest BCUT2D eigenvalue weighted by molar-refractivity contribution is -0.133. The van der Waals surface area contributed by atoms with Crippen LogP contribution in [0.3, 0.4) is 0 Å². The summed E-state index contributed by atoms with van der Waals surface area (Å²) in [5.41, 5.74) is 5.66. The maximum absolute atomic E-state index is 13.6. The Hall–Kier alpha value is -1.20. The topological polar surface area (TPSA) is 46.3 Å². The van der Waals surface area contributed by atoms with E-state index >= 15 is 0 Å². The van der Waals surface area contributed by atoms with Gasteiger partial charge in [0.05, 0.1) is 12.6 Å². The van der Waals surface area contributed by atoms with Crippen LogP contribution in [-0.2, 0) is 11.3 Å². The van der Waals surface area contributed by atoms with Crippen LogP contribution >= 0.6 is 12.4 Å². The molecule has 0 aliphatic heterocycles. The molecule has 0 saturated heterocycles. The van der Waals surface area contributed by atoms with E-state index in [1.54, 1.807) is 6.92 Å². The Morgan fingerprint density at radius 1 is 1.30 bits per heavy atom. The molecule has 0 heterocycles. The average Bonchev–Trinajstić information content (AvgIpc) is 2.38. The highest BCUT2D eigenvalue weighted by Crippen LogP contribution is 2.15. The molecule has 20 heavy (non-hydrogen) atoms. The molecule has 1 rings (SSSR count). The molecule has 2 N–H and O–H groups in total. The van der Waals surface area contributed by atoms with Gasteiger partial charge < -0.3 is 10.6 Å². The van der Waals surface area contributed by atoms with Gasteiger partial charge in [-0.25, -0.2) is 8.78 Å². The van der Waals surface area contributed by atoms with E-state index in [0.29, 0.717) is 13.0 Å². The number of nitrogens with two attached hydrogens (primary N) is 1. The summed E-state index contributed by atoms with van der Waals surface area (Å²) < 4.78 is 27.1. The molecule has 114 valence electrons. The van der Waals surface area contributed by atoms with Crippen molar-refractivity contribution in [1.82, 2.24) is 4.90 Å². The number of rotatable bonds is 6. The lowest BCUT2D eigenvalue weighted by Crippen LogP contribution is -2.43. The third kappa shape index (κ3) is 4.72. The summed E-state index contributed by atoms with van der Waals surface area (Å²) in [5, 5.41) is 0. The standard InChI is InChI=1S/C14H20F2N2O.ClH/c1-3-6-13(17)14(19)18(4-2)9-10-11(15)7-5-8-12(10)16;/h5,7-8,13H,3-4,6,9,17H2,1-2H3;1H. The summed E-state index contributed by atoms with van der Waals surface area (Å²) in [4.78, 5) is 13.4. The van der Waals surface area contributed by atoms with E-state index < -0.39 is 17.7 Å². The minimum Gasteiger partial charge on any atom is -0.337 e. The molecule has 0 bridgehead atoms. The van der Waals surface area contributed by atoms with Crippen LogP contribution in [-0.4, -0.2) is 23.4 Å². The Balaban J connectivity index is 0.00000361. The molecule has 3 nitrogen and oxygen atoms in total. The number of hydrogen-bond acceptors (Lipinski definition) is 2. The van der Waals surface area contributed by atoms with Crippen LogP contribution in [0.4, 0.5) is 8.78 Å². The van der Waals surface area contributed by atoms with Crippen molar-refractivity contribution in [3.8, 4) is 0 Å². The molecular formula is C14H21ClF2N2O. The minimum atomic E-state index is -0.643. The van der Waals surface area contributed by atoms with E-state index in [1.165, 1.54) is 23.1 Å². The molecule has 0 saturated carbocycles. The molecular weight excluding hydrogens is 286 g/mol. The van der Waals surface area contributed by atoms with Crippen molar-refractivity contribution in [3.63, 3.8) is 0 Å². The Morgan fingerprint density at radius 3 is 2.30 bits per heavy atom. The first-order valence-electron chi connectivity index (χ1n) is 6.48. The van der Waals surface area contributed by atoms with Gasteiger partial charge in [0.15, 0.2) is 0 Å². The van der Waals surface area contributed by atoms with E-state index in [0.717, 1.165) is 6.42 Å². The van der Waals surface area contributed by atoms with Crippen LogP contribution in [0.5, 0.6) is 0 Å². The Morgan fingerprint density at radius 2 is 1.85 bits per heavy atom. The highest BCUT2D eigenvalue weighted by Gasteiger charge is 2.21. The third-order valence-electron chi connectivity index (χ3n) is 3.02. The van der Waals surface area contributed by atoms with Crippen LogP contribution in [0.25, 0.3) is 0 Å². The van der Waals surface area contributed by atoms with E-state index in [9.17, 15) is 13.6 Å².